The van der Waals surface area contributed by atoms with Crippen molar-refractivity contribution >= 4 is 63.2 Å². The number of rotatable bonds is 7. The van der Waals surface area contributed by atoms with Crippen molar-refractivity contribution < 1.29 is 8.42 Å². The average Bonchev–Trinajstić information content (AvgIpc) is 2.66. The van der Waals surface area contributed by atoms with Crippen molar-refractivity contribution in [3.63, 3.8) is 0 Å². The van der Waals surface area contributed by atoms with Crippen LogP contribution < -0.4 is 15.4 Å². The van der Waals surface area contributed by atoms with Gasteiger partial charge in [-0.2, -0.15) is 0 Å². The number of pyridine rings is 1. The molecule has 0 bridgehead atoms. The lowest BCUT2D eigenvalue weighted by Gasteiger charge is -2.19. The van der Waals surface area contributed by atoms with E-state index < -0.39 is 10.0 Å². The van der Waals surface area contributed by atoms with Gasteiger partial charge < -0.3 is 10.6 Å². The third-order valence-corrected chi connectivity index (χ3v) is 5.86. The van der Waals surface area contributed by atoms with Gasteiger partial charge in [0.05, 0.1) is 16.1 Å². The highest BCUT2D eigenvalue weighted by Crippen LogP contribution is 2.25. The van der Waals surface area contributed by atoms with Gasteiger partial charge in [-0.25, -0.2) is 13.1 Å². The molecule has 0 spiro atoms. The van der Waals surface area contributed by atoms with Crippen molar-refractivity contribution in [2.45, 2.75) is 17.9 Å². The molecule has 1 aromatic heterocycles. The summed E-state index contributed by atoms with van der Waals surface area (Å²) in [7, 11) is -1.94. The lowest BCUT2D eigenvalue weighted by Crippen LogP contribution is -2.42. The van der Waals surface area contributed by atoms with E-state index >= 15 is 0 Å². The van der Waals surface area contributed by atoms with Crippen molar-refractivity contribution in [2.75, 3.05) is 20.1 Å². The van der Waals surface area contributed by atoms with E-state index in [0.717, 1.165) is 5.56 Å². The van der Waals surface area contributed by atoms with Crippen molar-refractivity contribution in [1.82, 2.24) is 20.3 Å². The van der Waals surface area contributed by atoms with Gasteiger partial charge in [0.1, 0.15) is 4.90 Å². The van der Waals surface area contributed by atoms with E-state index in [9.17, 15) is 8.42 Å². The Bertz CT molecular complexity index is 898. The normalized spacial score (nSPS) is 12.8. The summed E-state index contributed by atoms with van der Waals surface area (Å²) in [6.45, 7) is 2.50. The van der Waals surface area contributed by atoms with Gasteiger partial charge in [0.2, 0.25) is 10.0 Å². The van der Waals surface area contributed by atoms with Gasteiger partial charge in [0.25, 0.3) is 0 Å². The zero-order chi connectivity index (χ0) is 19.9. The third-order valence-electron chi connectivity index (χ3n) is 3.67. The van der Waals surface area contributed by atoms with E-state index in [1.807, 2.05) is 13.0 Å². The summed E-state index contributed by atoms with van der Waals surface area (Å²) >= 11 is 12.0. The Balaban J connectivity index is 0.00000392. The molecule has 2 aromatic rings. The van der Waals surface area contributed by atoms with Crippen LogP contribution in [0.15, 0.2) is 52.6 Å². The second-order valence-corrected chi connectivity index (χ2v) is 8.21. The SMILES string of the molecule is CN=C(NCCNS(=O)(=O)c1cccnc1)NC(C)c1ccc(Cl)c(Cl)c1.I. The largest absolute Gasteiger partial charge is 0.355 e. The summed E-state index contributed by atoms with van der Waals surface area (Å²) in [5.74, 6) is 0.536. The first-order valence-corrected chi connectivity index (χ1v) is 10.4. The minimum absolute atomic E-state index is 0. The molecule has 1 heterocycles. The summed E-state index contributed by atoms with van der Waals surface area (Å²) in [5, 5.41) is 7.24. The highest BCUT2D eigenvalue weighted by atomic mass is 127. The van der Waals surface area contributed by atoms with E-state index in [1.165, 1.54) is 18.5 Å². The number of hydrogen-bond donors (Lipinski definition) is 3. The van der Waals surface area contributed by atoms with E-state index in [1.54, 1.807) is 25.2 Å². The highest BCUT2D eigenvalue weighted by Gasteiger charge is 2.13. The monoisotopic (exact) mass is 557 g/mol. The molecule has 154 valence electrons. The zero-order valence-electron chi connectivity index (χ0n) is 15.3. The topological polar surface area (TPSA) is 95.5 Å². The number of nitrogens with zero attached hydrogens (tertiary/aromatic N) is 2. The lowest BCUT2D eigenvalue weighted by atomic mass is 10.1. The molecule has 0 aliphatic heterocycles. The Hall–Kier alpha value is -1.14. The van der Waals surface area contributed by atoms with Crippen LogP contribution in [0.5, 0.6) is 0 Å². The molecule has 0 radical (unpaired) electrons. The zero-order valence-corrected chi connectivity index (χ0v) is 20.0. The fraction of sp³-hybridized carbons (Fsp3) is 0.294. The van der Waals surface area contributed by atoms with Crippen LogP contribution in [0.25, 0.3) is 0 Å². The molecule has 7 nitrogen and oxygen atoms in total. The highest BCUT2D eigenvalue weighted by molar-refractivity contribution is 14.0. The maximum absolute atomic E-state index is 12.1. The van der Waals surface area contributed by atoms with Gasteiger partial charge in [-0.1, -0.05) is 29.3 Å². The van der Waals surface area contributed by atoms with Crippen LogP contribution in [-0.4, -0.2) is 39.5 Å². The Morgan fingerprint density at radius 1 is 1.21 bits per heavy atom. The van der Waals surface area contributed by atoms with Crippen LogP contribution in [0.1, 0.15) is 18.5 Å². The standard InChI is InChI=1S/C17H21Cl2N5O2S.HI/c1-12(13-5-6-15(18)16(19)10-13)24-17(20-2)22-8-9-23-27(25,26)14-4-3-7-21-11-14;/h3-7,10-12,23H,8-9H2,1-2H3,(H2,20,22,24);1H. The molecule has 0 saturated heterocycles. The Labute approximate surface area is 192 Å². The van der Waals surface area contributed by atoms with Crippen LogP contribution in [0, 0.1) is 0 Å². The fourth-order valence-electron chi connectivity index (χ4n) is 2.22. The summed E-state index contributed by atoms with van der Waals surface area (Å²) in [6, 6.07) is 8.39. The molecular weight excluding hydrogens is 536 g/mol. The predicted molar refractivity (Wildman–Crippen MR) is 124 cm³/mol. The predicted octanol–water partition coefficient (Wildman–Crippen LogP) is 3.21. The van der Waals surface area contributed by atoms with Gasteiger partial charge in [0.15, 0.2) is 5.96 Å². The number of guanidine groups is 1. The van der Waals surface area contributed by atoms with Crippen LogP contribution in [0.2, 0.25) is 10.0 Å². The number of sulfonamides is 1. The first-order chi connectivity index (χ1) is 12.8. The quantitative estimate of drug-likeness (QED) is 0.210. The Morgan fingerprint density at radius 2 is 1.96 bits per heavy atom. The Morgan fingerprint density at radius 3 is 2.57 bits per heavy atom. The molecular formula is C17H22Cl2IN5O2S. The first kappa shape index (κ1) is 24.9. The van der Waals surface area contributed by atoms with Crippen LogP contribution in [0.3, 0.4) is 0 Å². The molecule has 0 amide bonds. The maximum atomic E-state index is 12.1. The number of benzene rings is 1. The molecule has 1 aromatic carbocycles. The number of aliphatic imine (C=N–C) groups is 1. The van der Waals surface area contributed by atoms with Crippen molar-refractivity contribution in [1.29, 1.82) is 0 Å². The second kappa shape index (κ2) is 11.8. The molecule has 1 unspecified atom stereocenters. The van der Waals surface area contributed by atoms with Crippen molar-refractivity contribution in [3.05, 3.63) is 58.3 Å². The third kappa shape index (κ3) is 7.36. The summed E-state index contributed by atoms with van der Waals surface area (Å²) < 4.78 is 26.7. The lowest BCUT2D eigenvalue weighted by molar-refractivity contribution is 0.579. The number of aromatic nitrogens is 1. The average molecular weight is 558 g/mol. The number of halogens is 3. The molecule has 11 heteroatoms. The molecule has 0 fully saturated rings. The van der Waals surface area contributed by atoms with Gasteiger partial charge in [0, 0.05) is 32.5 Å². The number of hydrogen-bond acceptors (Lipinski definition) is 4. The van der Waals surface area contributed by atoms with E-state index in [-0.39, 0.29) is 41.5 Å². The smallest absolute Gasteiger partial charge is 0.242 e. The minimum atomic E-state index is -3.58. The molecule has 0 aliphatic rings. The van der Waals surface area contributed by atoms with Gasteiger partial charge >= 0.3 is 0 Å². The van der Waals surface area contributed by atoms with Crippen molar-refractivity contribution in [3.8, 4) is 0 Å². The molecule has 0 saturated carbocycles. The van der Waals surface area contributed by atoms with Crippen LogP contribution >= 0.6 is 47.2 Å². The molecule has 1 atom stereocenters. The maximum Gasteiger partial charge on any atom is 0.242 e. The van der Waals surface area contributed by atoms with Gasteiger partial charge in [-0.05, 0) is 36.8 Å². The first-order valence-electron chi connectivity index (χ1n) is 8.15. The fourth-order valence-corrected chi connectivity index (χ4v) is 3.52. The molecule has 0 aliphatic carbocycles. The minimum Gasteiger partial charge on any atom is -0.355 e. The summed E-state index contributed by atoms with van der Waals surface area (Å²) in [6.07, 6.45) is 2.82. The Kier molecular flexibility index (Phi) is 10.5. The summed E-state index contributed by atoms with van der Waals surface area (Å²) in [4.78, 5) is 8.07. The summed E-state index contributed by atoms with van der Waals surface area (Å²) in [5.41, 5.74) is 0.949. The van der Waals surface area contributed by atoms with Crippen LogP contribution in [0.4, 0.5) is 0 Å². The van der Waals surface area contributed by atoms with Gasteiger partial charge in [-0.15, -0.1) is 24.0 Å². The van der Waals surface area contributed by atoms with E-state index in [2.05, 4.69) is 25.3 Å². The van der Waals surface area contributed by atoms with Crippen LogP contribution in [-0.2, 0) is 10.0 Å². The van der Waals surface area contributed by atoms with Crippen molar-refractivity contribution in [2.24, 2.45) is 4.99 Å². The van der Waals surface area contributed by atoms with E-state index in [0.29, 0.717) is 22.5 Å². The second-order valence-electron chi connectivity index (χ2n) is 5.63. The number of nitrogens with one attached hydrogen (secondary N) is 3. The molecule has 28 heavy (non-hydrogen) atoms. The van der Waals surface area contributed by atoms with E-state index in [4.69, 9.17) is 23.2 Å². The molecule has 3 N–H and O–H groups in total. The molecule has 2 rings (SSSR count). The van der Waals surface area contributed by atoms with Gasteiger partial charge in [-0.3, -0.25) is 9.98 Å².